The van der Waals surface area contributed by atoms with Crippen LogP contribution >= 0.6 is 0 Å². The maximum absolute atomic E-state index is 5.60. The average molecular weight is 225 g/mol. The lowest BCUT2D eigenvalue weighted by Crippen LogP contribution is -2.57. The van der Waals surface area contributed by atoms with E-state index in [1.54, 1.807) is 0 Å². The summed E-state index contributed by atoms with van der Waals surface area (Å²) in [6, 6.07) is 1.96. The Morgan fingerprint density at radius 2 is 2.25 bits per heavy atom. The van der Waals surface area contributed by atoms with Gasteiger partial charge in [0, 0.05) is 50.9 Å². The minimum absolute atomic E-state index is 0.578. The highest BCUT2D eigenvalue weighted by atomic mass is 16.5. The van der Waals surface area contributed by atoms with Gasteiger partial charge in [-0.05, 0) is 19.3 Å². The maximum Gasteiger partial charge on any atom is 0.0622 e. The zero-order chi connectivity index (χ0) is 11.0. The summed E-state index contributed by atoms with van der Waals surface area (Å²) in [5.41, 5.74) is 0. The van der Waals surface area contributed by atoms with Gasteiger partial charge in [-0.15, -0.1) is 0 Å². The van der Waals surface area contributed by atoms with Crippen molar-refractivity contribution in [2.45, 2.75) is 31.5 Å². The molecule has 0 bridgehead atoms. The first-order valence-corrected chi connectivity index (χ1v) is 6.64. The molecule has 0 aromatic carbocycles. The fourth-order valence-electron chi connectivity index (χ4n) is 3.58. The molecular weight excluding hydrogens is 202 g/mol. The molecule has 2 unspecified atom stereocenters. The summed E-state index contributed by atoms with van der Waals surface area (Å²) in [5, 5.41) is 7.21. The number of nitrogens with one attached hydrogen (secondary N) is 2. The molecule has 3 fully saturated rings. The van der Waals surface area contributed by atoms with Crippen LogP contribution in [0.1, 0.15) is 13.3 Å². The molecule has 4 nitrogen and oxygen atoms in total. The molecule has 3 saturated heterocycles. The van der Waals surface area contributed by atoms with E-state index in [4.69, 9.17) is 4.74 Å². The van der Waals surface area contributed by atoms with E-state index in [0.717, 1.165) is 38.8 Å². The van der Waals surface area contributed by atoms with Crippen molar-refractivity contribution in [3.63, 3.8) is 0 Å². The molecule has 3 heterocycles. The third-order valence-electron chi connectivity index (χ3n) is 4.56. The maximum atomic E-state index is 5.60. The van der Waals surface area contributed by atoms with E-state index in [-0.39, 0.29) is 0 Å². The molecule has 0 saturated carbocycles. The van der Waals surface area contributed by atoms with Gasteiger partial charge in [0.1, 0.15) is 0 Å². The van der Waals surface area contributed by atoms with E-state index >= 15 is 0 Å². The summed E-state index contributed by atoms with van der Waals surface area (Å²) in [6.07, 6.45) is 1.22. The van der Waals surface area contributed by atoms with Crippen LogP contribution in [0.5, 0.6) is 0 Å². The normalized spacial score (nSPS) is 45.6. The van der Waals surface area contributed by atoms with Crippen LogP contribution < -0.4 is 10.6 Å². The van der Waals surface area contributed by atoms with Crippen molar-refractivity contribution in [3.8, 4) is 0 Å². The average Bonchev–Trinajstić information content (AvgIpc) is 2.49. The molecule has 0 aromatic heterocycles. The van der Waals surface area contributed by atoms with E-state index in [0.29, 0.717) is 18.1 Å². The molecular formula is C12H23N3O. The SMILES string of the molecule is C[C@H]1[C@@H]2CCOCC2NCC2CNCCN21. The summed E-state index contributed by atoms with van der Waals surface area (Å²) in [4.78, 5) is 2.71. The van der Waals surface area contributed by atoms with Crippen LogP contribution in [0.4, 0.5) is 0 Å². The smallest absolute Gasteiger partial charge is 0.0622 e. The van der Waals surface area contributed by atoms with Crippen molar-refractivity contribution in [2.75, 3.05) is 39.4 Å². The van der Waals surface area contributed by atoms with E-state index in [9.17, 15) is 0 Å². The molecule has 3 aliphatic heterocycles. The van der Waals surface area contributed by atoms with Gasteiger partial charge in [-0.25, -0.2) is 0 Å². The molecule has 16 heavy (non-hydrogen) atoms. The van der Waals surface area contributed by atoms with Gasteiger partial charge in [0.15, 0.2) is 0 Å². The second-order valence-electron chi connectivity index (χ2n) is 5.38. The Kier molecular flexibility index (Phi) is 3.16. The van der Waals surface area contributed by atoms with Crippen LogP contribution in [0.25, 0.3) is 0 Å². The standard InChI is InChI=1S/C12H23N3O/c1-9-11-2-5-16-8-12(11)14-7-10-6-13-3-4-15(9)10/h9-14H,2-8H2,1H3/t9-,10?,11-,12?/m0/s1. The van der Waals surface area contributed by atoms with Gasteiger partial charge in [-0.2, -0.15) is 0 Å². The summed E-state index contributed by atoms with van der Waals surface area (Å²) < 4.78 is 5.60. The Morgan fingerprint density at radius 1 is 1.31 bits per heavy atom. The van der Waals surface area contributed by atoms with Gasteiger partial charge < -0.3 is 15.4 Å². The molecule has 0 aromatic rings. The highest BCUT2D eigenvalue weighted by Gasteiger charge is 2.39. The summed E-state index contributed by atoms with van der Waals surface area (Å²) in [7, 11) is 0. The van der Waals surface area contributed by atoms with Crippen molar-refractivity contribution in [1.82, 2.24) is 15.5 Å². The highest BCUT2D eigenvalue weighted by Crippen LogP contribution is 2.27. The molecule has 2 N–H and O–H groups in total. The molecule has 3 aliphatic rings. The van der Waals surface area contributed by atoms with Crippen LogP contribution in [0.2, 0.25) is 0 Å². The number of ether oxygens (including phenoxy) is 1. The second kappa shape index (κ2) is 4.61. The zero-order valence-corrected chi connectivity index (χ0v) is 10.1. The number of rotatable bonds is 0. The van der Waals surface area contributed by atoms with Crippen LogP contribution in [-0.4, -0.2) is 62.4 Å². The lowest BCUT2D eigenvalue weighted by atomic mass is 9.88. The molecule has 4 heteroatoms. The van der Waals surface area contributed by atoms with Crippen LogP contribution in [-0.2, 0) is 4.74 Å². The first kappa shape index (κ1) is 11.0. The first-order valence-electron chi connectivity index (χ1n) is 6.64. The summed E-state index contributed by atoms with van der Waals surface area (Å²) >= 11 is 0. The van der Waals surface area contributed by atoms with Gasteiger partial charge in [-0.1, -0.05) is 0 Å². The summed E-state index contributed by atoms with van der Waals surface area (Å²) in [6.45, 7) is 8.87. The third kappa shape index (κ3) is 1.88. The number of piperazine rings is 1. The number of fused-ring (bicyclic) bond motifs is 2. The van der Waals surface area contributed by atoms with Crippen molar-refractivity contribution in [3.05, 3.63) is 0 Å². The van der Waals surface area contributed by atoms with Gasteiger partial charge in [0.2, 0.25) is 0 Å². The molecule has 4 atom stereocenters. The van der Waals surface area contributed by atoms with Gasteiger partial charge in [0.25, 0.3) is 0 Å². The molecule has 0 radical (unpaired) electrons. The van der Waals surface area contributed by atoms with Gasteiger partial charge in [-0.3, -0.25) is 4.90 Å². The molecule has 0 aliphatic carbocycles. The Morgan fingerprint density at radius 3 is 3.19 bits per heavy atom. The van der Waals surface area contributed by atoms with Crippen molar-refractivity contribution < 1.29 is 4.74 Å². The van der Waals surface area contributed by atoms with Crippen LogP contribution in [0.15, 0.2) is 0 Å². The largest absolute Gasteiger partial charge is 0.380 e. The molecule has 3 rings (SSSR count). The lowest BCUT2D eigenvalue weighted by Gasteiger charge is -2.42. The Labute approximate surface area is 97.7 Å². The van der Waals surface area contributed by atoms with Crippen LogP contribution in [0.3, 0.4) is 0 Å². The zero-order valence-electron chi connectivity index (χ0n) is 10.1. The predicted molar refractivity (Wildman–Crippen MR) is 63.5 cm³/mol. The highest BCUT2D eigenvalue weighted by molar-refractivity contribution is 4.96. The Hall–Kier alpha value is -0.160. The molecule has 0 spiro atoms. The second-order valence-corrected chi connectivity index (χ2v) is 5.38. The summed E-state index contributed by atoms with van der Waals surface area (Å²) in [5.74, 6) is 0.775. The first-order chi connectivity index (χ1) is 7.86. The van der Waals surface area contributed by atoms with Gasteiger partial charge in [0.05, 0.1) is 6.61 Å². The Bertz CT molecular complexity index is 224. The Balaban J connectivity index is 1.78. The third-order valence-corrected chi connectivity index (χ3v) is 4.56. The topological polar surface area (TPSA) is 36.5 Å². The monoisotopic (exact) mass is 225 g/mol. The minimum atomic E-state index is 0.578. The molecule has 0 amide bonds. The van der Waals surface area contributed by atoms with Crippen molar-refractivity contribution >= 4 is 0 Å². The van der Waals surface area contributed by atoms with E-state index < -0.39 is 0 Å². The molecule has 92 valence electrons. The predicted octanol–water partition coefficient (Wildman–Crippen LogP) is -0.343. The number of nitrogens with zero attached hydrogens (tertiary/aromatic N) is 1. The van der Waals surface area contributed by atoms with Crippen LogP contribution in [0, 0.1) is 5.92 Å². The number of hydrogen-bond acceptors (Lipinski definition) is 4. The fourth-order valence-corrected chi connectivity index (χ4v) is 3.58. The van der Waals surface area contributed by atoms with E-state index in [1.165, 1.54) is 13.0 Å². The van der Waals surface area contributed by atoms with E-state index in [2.05, 4.69) is 22.5 Å². The van der Waals surface area contributed by atoms with Crippen molar-refractivity contribution in [2.24, 2.45) is 5.92 Å². The minimum Gasteiger partial charge on any atom is -0.380 e. The van der Waals surface area contributed by atoms with E-state index in [1.807, 2.05) is 0 Å². The van der Waals surface area contributed by atoms with Gasteiger partial charge >= 0.3 is 0 Å². The number of hydrogen-bond donors (Lipinski definition) is 2. The lowest BCUT2D eigenvalue weighted by molar-refractivity contribution is 0.00969. The van der Waals surface area contributed by atoms with Crippen molar-refractivity contribution in [1.29, 1.82) is 0 Å². The quantitative estimate of drug-likeness (QED) is 0.591. The fraction of sp³-hybridized carbons (Fsp3) is 1.00.